The SMILES string of the molecule is Cc1nc(C2=CCCC=C2)oc1-c1ccc2c(c1)NC(=O)/C2=C\c1[nH]c(C)c(C=O)c1C. The molecule has 0 fully saturated rings. The van der Waals surface area contributed by atoms with Crippen molar-refractivity contribution in [2.75, 3.05) is 5.32 Å². The molecule has 0 saturated heterocycles. The van der Waals surface area contributed by atoms with Crippen molar-refractivity contribution in [2.45, 2.75) is 33.6 Å². The van der Waals surface area contributed by atoms with Gasteiger partial charge in [-0.1, -0.05) is 30.4 Å². The summed E-state index contributed by atoms with van der Waals surface area (Å²) < 4.78 is 6.10. The summed E-state index contributed by atoms with van der Waals surface area (Å²) in [6.45, 7) is 5.64. The summed E-state index contributed by atoms with van der Waals surface area (Å²) >= 11 is 0. The zero-order valence-corrected chi connectivity index (χ0v) is 18.2. The molecule has 0 atom stereocenters. The minimum Gasteiger partial charge on any atom is -0.436 e. The van der Waals surface area contributed by atoms with E-state index in [0.29, 0.717) is 22.8 Å². The zero-order chi connectivity index (χ0) is 22.4. The van der Waals surface area contributed by atoms with E-state index >= 15 is 0 Å². The standard InChI is InChI=1S/C26H23N3O3/c1-14-21(13-30)15(2)27-22(14)12-20-19-10-9-18(11-23(19)29-25(20)31)24-16(3)28-26(32-24)17-7-5-4-6-8-17/h5,7-13,27H,4,6H2,1-3H3,(H,29,31)/b20-12-. The largest absolute Gasteiger partial charge is 0.436 e. The highest BCUT2D eigenvalue weighted by atomic mass is 16.4. The Morgan fingerprint density at radius 3 is 2.72 bits per heavy atom. The molecule has 32 heavy (non-hydrogen) atoms. The predicted octanol–water partition coefficient (Wildman–Crippen LogP) is 5.63. The van der Waals surface area contributed by atoms with Gasteiger partial charge in [0.2, 0.25) is 5.89 Å². The van der Waals surface area contributed by atoms with Gasteiger partial charge in [0.1, 0.15) is 0 Å². The molecule has 0 spiro atoms. The second-order valence-corrected chi connectivity index (χ2v) is 8.17. The molecule has 6 heteroatoms. The van der Waals surface area contributed by atoms with Crippen LogP contribution in [0.1, 0.15) is 57.3 Å². The molecule has 3 aromatic rings. The van der Waals surface area contributed by atoms with Gasteiger partial charge in [0.15, 0.2) is 12.0 Å². The van der Waals surface area contributed by atoms with Crippen LogP contribution in [-0.4, -0.2) is 22.2 Å². The fourth-order valence-corrected chi connectivity index (χ4v) is 4.29. The minimum atomic E-state index is -0.177. The van der Waals surface area contributed by atoms with Crippen LogP contribution in [0.5, 0.6) is 0 Å². The maximum Gasteiger partial charge on any atom is 0.256 e. The molecular weight excluding hydrogens is 402 g/mol. The number of amides is 1. The van der Waals surface area contributed by atoms with Gasteiger partial charge >= 0.3 is 0 Å². The molecule has 1 aliphatic carbocycles. The molecule has 6 nitrogen and oxygen atoms in total. The van der Waals surface area contributed by atoms with Crippen molar-refractivity contribution in [3.05, 3.63) is 76.1 Å². The number of nitrogens with one attached hydrogen (secondary N) is 2. The lowest BCUT2D eigenvalue weighted by atomic mass is 10.0. The minimum absolute atomic E-state index is 0.177. The van der Waals surface area contributed by atoms with Crippen LogP contribution in [0.3, 0.4) is 0 Å². The number of anilines is 1. The third kappa shape index (κ3) is 3.24. The van der Waals surface area contributed by atoms with Crippen LogP contribution in [-0.2, 0) is 4.79 Å². The van der Waals surface area contributed by atoms with Gasteiger partial charge in [-0.2, -0.15) is 0 Å². The van der Waals surface area contributed by atoms with Gasteiger partial charge in [0.05, 0.1) is 11.3 Å². The van der Waals surface area contributed by atoms with Crippen LogP contribution in [0.2, 0.25) is 0 Å². The lowest BCUT2D eigenvalue weighted by Gasteiger charge is -2.04. The number of carbonyl (C=O) groups excluding carboxylic acids is 2. The first-order valence-corrected chi connectivity index (χ1v) is 10.6. The number of hydrogen-bond donors (Lipinski definition) is 2. The number of rotatable bonds is 4. The maximum absolute atomic E-state index is 12.7. The van der Waals surface area contributed by atoms with E-state index in [1.807, 2.05) is 45.0 Å². The van der Waals surface area contributed by atoms with Gasteiger partial charge in [-0.3, -0.25) is 9.59 Å². The van der Waals surface area contributed by atoms with Gasteiger partial charge in [-0.05, 0) is 51.3 Å². The average Bonchev–Trinajstić information content (AvgIpc) is 3.41. The summed E-state index contributed by atoms with van der Waals surface area (Å²) in [5, 5.41) is 2.95. The van der Waals surface area contributed by atoms with Gasteiger partial charge < -0.3 is 14.7 Å². The van der Waals surface area contributed by atoms with Gasteiger partial charge in [-0.25, -0.2) is 4.98 Å². The van der Waals surface area contributed by atoms with Gasteiger partial charge in [0, 0.05) is 39.3 Å². The molecule has 0 saturated carbocycles. The number of aryl methyl sites for hydroxylation is 2. The molecule has 2 N–H and O–H groups in total. The fraction of sp³-hybridized carbons (Fsp3) is 0.192. The van der Waals surface area contributed by atoms with Crippen LogP contribution >= 0.6 is 0 Å². The summed E-state index contributed by atoms with van der Waals surface area (Å²) in [7, 11) is 0. The highest BCUT2D eigenvalue weighted by molar-refractivity contribution is 6.35. The third-order valence-electron chi connectivity index (χ3n) is 6.04. The average molecular weight is 425 g/mol. The number of hydrogen-bond acceptors (Lipinski definition) is 4. The Morgan fingerprint density at radius 2 is 2.00 bits per heavy atom. The molecule has 0 bridgehead atoms. The molecule has 5 rings (SSSR count). The van der Waals surface area contributed by atoms with E-state index in [4.69, 9.17) is 4.42 Å². The van der Waals surface area contributed by atoms with Crippen LogP contribution in [0.25, 0.3) is 28.5 Å². The van der Waals surface area contributed by atoms with Gasteiger partial charge in [0.25, 0.3) is 5.91 Å². The molecule has 0 radical (unpaired) electrons. The van der Waals surface area contributed by atoms with Crippen LogP contribution in [0, 0.1) is 20.8 Å². The van der Waals surface area contributed by atoms with Crippen LogP contribution in [0.15, 0.2) is 40.8 Å². The molecule has 0 unspecified atom stereocenters. The predicted molar refractivity (Wildman–Crippen MR) is 125 cm³/mol. The van der Waals surface area contributed by atoms with E-state index < -0.39 is 0 Å². The monoisotopic (exact) mass is 425 g/mol. The fourth-order valence-electron chi connectivity index (χ4n) is 4.29. The number of nitrogens with zero attached hydrogens (tertiary/aromatic N) is 1. The van der Waals surface area contributed by atoms with Crippen molar-refractivity contribution in [1.82, 2.24) is 9.97 Å². The zero-order valence-electron chi connectivity index (χ0n) is 18.2. The maximum atomic E-state index is 12.7. The Bertz CT molecular complexity index is 1370. The smallest absolute Gasteiger partial charge is 0.256 e. The van der Waals surface area contributed by atoms with E-state index in [0.717, 1.165) is 64.2 Å². The number of carbonyl (C=O) groups is 2. The van der Waals surface area contributed by atoms with Crippen molar-refractivity contribution in [3.8, 4) is 11.3 Å². The van der Waals surface area contributed by atoms with E-state index in [9.17, 15) is 9.59 Å². The third-order valence-corrected chi connectivity index (χ3v) is 6.04. The number of H-pyrrole nitrogens is 1. The summed E-state index contributed by atoms with van der Waals surface area (Å²) in [4.78, 5) is 31.8. The topological polar surface area (TPSA) is 88.0 Å². The molecule has 1 amide bonds. The molecular formula is C26H23N3O3. The van der Waals surface area contributed by atoms with Crippen molar-refractivity contribution < 1.29 is 14.0 Å². The number of allylic oxidation sites excluding steroid dienone is 4. The Hall–Kier alpha value is -3.93. The highest BCUT2D eigenvalue weighted by Gasteiger charge is 2.26. The normalized spacial score (nSPS) is 16.3. The highest BCUT2D eigenvalue weighted by Crippen LogP contribution is 2.38. The van der Waals surface area contributed by atoms with Crippen molar-refractivity contribution in [2.24, 2.45) is 0 Å². The Morgan fingerprint density at radius 1 is 1.16 bits per heavy atom. The molecule has 3 heterocycles. The second kappa shape index (κ2) is 7.64. The lowest BCUT2D eigenvalue weighted by Crippen LogP contribution is -2.03. The molecule has 160 valence electrons. The molecule has 1 aromatic carbocycles. The summed E-state index contributed by atoms with van der Waals surface area (Å²) in [6, 6.07) is 5.78. The second-order valence-electron chi connectivity index (χ2n) is 8.17. The van der Waals surface area contributed by atoms with Gasteiger partial charge in [-0.15, -0.1) is 0 Å². The van der Waals surface area contributed by atoms with Crippen LogP contribution < -0.4 is 5.32 Å². The van der Waals surface area contributed by atoms with Crippen molar-refractivity contribution in [1.29, 1.82) is 0 Å². The first-order chi connectivity index (χ1) is 15.5. The van der Waals surface area contributed by atoms with E-state index in [1.54, 1.807) is 6.08 Å². The Kier molecular flexibility index (Phi) is 4.78. The number of fused-ring (bicyclic) bond motifs is 1. The number of aldehydes is 1. The number of benzene rings is 1. The molecule has 2 aromatic heterocycles. The number of aromatic nitrogens is 2. The Balaban J connectivity index is 1.52. The quantitative estimate of drug-likeness (QED) is 0.419. The molecule has 2 aliphatic rings. The van der Waals surface area contributed by atoms with Crippen molar-refractivity contribution >= 4 is 35.1 Å². The van der Waals surface area contributed by atoms with E-state index in [2.05, 4.69) is 27.4 Å². The molecule has 1 aliphatic heterocycles. The summed E-state index contributed by atoms with van der Waals surface area (Å²) in [5.74, 6) is 1.13. The van der Waals surface area contributed by atoms with Crippen LogP contribution in [0.4, 0.5) is 5.69 Å². The van der Waals surface area contributed by atoms with E-state index in [1.165, 1.54) is 0 Å². The summed E-state index contributed by atoms with van der Waals surface area (Å²) in [5.41, 5.74) is 7.77. The lowest BCUT2D eigenvalue weighted by molar-refractivity contribution is -0.110. The summed E-state index contributed by atoms with van der Waals surface area (Å²) in [6.07, 6.45) is 11.0. The van der Waals surface area contributed by atoms with E-state index in [-0.39, 0.29) is 5.91 Å². The first kappa shape index (κ1) is 20.0. The number of oxazole rings is 1. The number of aromatic amines is 1. The Labute approximate surface area is 185 Å². The van der Waals surface area contributed by atoms with Crippen molar-refractivity contribution in [3.63, 3.8) is 0 Å². The first-order valence-electron chi connectivity index (χ1n) is 10.6.